The highest BCUT2D eigenvalue weighted by Gasteiger charge is 2.16. The molecule has 13 heavy (non-hydrogen) atoms. The van der Waals surface area contributed by atoms with Crippen molar-refractivity contribution in [2.24, 2.45) is 0 Å². The topological polar surface area (TPSA) is 3.24 Å². The number of nitrogens with zero attached hydrogens (tertiary/aromatic N) is 1. The molecule has 1 rings (SSSR count). The van der Waals surface area contributed by atoms with Crippen molar-refractivity contribution < 1.29 is 0 Å². The van der Waals surface area contributed by atoms with E-state index >= 15 is 0 Å². The van der Waals surface area contributed by atoms with E-state index in [2.05, 4.69) is 37.8 Å². The third kappa shape index (κ3) is 4.47. The summed E-state index contributed by atoms with van der Waals surface area (Å²) in [4.78, 5) is 2.55. The van der Waals surface area contributed by atoms with Gasteiger partial charge in [-0.15, -0.1) is 0 Å². The molecule has 1 atom stereocenters. The standard InChI is InChI=1S/C10H19N.C2H6/c1-9(2)11-8-6-4-5-7-10(11)3;1-2/h4,6,9-10H,5,7-8H2,1-3H3;1-2H3. The average molecular weight is 183 g/mol. The molecule has 1 aliphatic heterocycles. The van der Waals surface area contributed by atoms with Crippen LogP contribution in [0.2, 0.25) is 0 Å². The minimum Gasteiger partial charge on any atom is -0.295 e. The molecule has 1 nitrogen and oxygen atoms in total. The van der Waals surface area contributed by atoms with Gasteiger partial charge in [0.25, 0.3) is 0 Å². The fourth-order valence-corrected chi connectivity index (χ4v) is 1.72. The summed E-state index contributed by atoms with van der Waals surface area (Å²) in [5.41, 5.74) is 0. The zero-order valence-corrected chi connectivity index (χ0v) is 9.88. The zero-order valence-electron chi connectivity index (χ0n) is 9.88. The molecule has 0 aromatic rings. The molecular weight excluding hydrogens is 158 g/mol. The van der Waals surface area contributed by atoms with Crippen molar-refractivity contribution in [1.82, 2.24) is 4.90 Å². The van der Waals surface area contributed by atoms with Crippen LogP contribution in [0.5, 0.6) is 0 Å². The fraction of sp³-hybridized carbons (Fsp3) is 0.833. The van der Waals surface area contributed by atoms with Gasteiger partial charge in [0, 0.05) is 18.6 Å². The predicted molar refractivity (Wildman–Crippen MR) is 61.0 cm³/mol. The summed E-state index contributed by atoms with van der Waals surface area (Å²) in [5, 5.41) is 0. The summed E-state index contributed by atoms with van der Waals surface area (Å²) in [7, 11) is 0. The first-order valence-electron chi connectivity index (χ1n) is 5.62. The molecule has 0 amide bonds. The first-order chi connectivity index (χ1) is 6.22. The van der Waals surface area contributed by atoms with Crippen LogP contribution in [0.15, 0.2) is 12.2 Å². The van der Waals surface area contributed by atoms with Gasteiger partial charge < -0.3 is 0 Å². The number of hydrogen-bond acceptors (Lipinski definition) is 1. The second-order valence-electron chi connectivity index (χ2n) is 3.69. The lowest BCUT2D eigenvalue weighted by atomic mass is 10.1. The average Bonchev–Trinajstić information content (AvgIpc) is 2.33. The lowest BCUT2D eigenvalue weighted by molar-refractivity contribution is 0.180. The number of rotatable bonds is 1. The molecule has 0 saturated carbocycles. The van der Waals surface area contributed by atoms with Gasteiger partial charge in [-0.1, -0.05) is 26.0 Å². The van der Waals surface area contributed by atoms with Crippen LogP contribution in [-0.4, -0.2) is 23.5 Å². The molecule has 0 aromatic heterocycles. The Kier molecular flexibility index (Phi) is 6.97. The zero-order chi connectivity index (χ0) is 10.3. The van der Waals surface area contributed by atoms with Gasteiger partial charge in [0.15, 0.2) is 0 Å². The lowest BCUT2D eigenvalue weighted by Crippen LogP contribution is -2.37. The van der Waals surface area contributed by atoms with Gasteiger partial charge in [0.2, 0.25) is 0 Å². The van der Waals surface area contributed by atoms with E-state index in [-0.39, 0.29) is 0 Å². The monoisotopic (exact) mass is 183 g/mol. The van der Waals surface area contributed by atoms with Gasteiger partial charge in [0.1, 0.15) is 0 Å². The molecule has 1 aliphatic rings. The maximum atomic E-state index is 2.55. The summed E-state index contributed by atoms with van der Waals surface area (Å²) in [5.74, 6) is 0. The minimum atomic E-state index is 0.688. The summed E-state index contributed by atoms with van der Waals surface area (Å²) in [6.07, 6.45) is 7.17. The molecule has 0 radical (unpaired) electrons. The molecule has 78 valence electrons. The quantitative estimate of drug-likeness (QED) is 0.563. The maximum absolute atomic E-state index is 2.55. The van der Waals surface area contributed by atoms with E-state index in [1.54, 1.807) is 0 Å². The van der Waals surface area contributed by atoms with Crippen molar-refractivity contribution in [2.75, 3.05) is 6.54 Å². The largest absolute Gasteiger partial charge is 0.295 e. The van der Waals surface area contributed by atoms with Crippen LogP contribution in [0.1, 0.15) is 47.5 Å². The molecule has 0 fully saturated rings. The van der Waals surface area contributed by atoms with Crippen molar-refractivity contribution in [3.8, 4) is 0 Å². The molecule has 0 aliphatic carbocycles. The van der Waals surface area contributed by atoms with Crippen LogP contribution in [0, 0.1) is 0 Å². The molecule has 1 unspecified atom stereocenters. The van der Waals surface area contributed by atoms with Crippen LogP contribution in [0.3, 0.4) is 0 Å². The minimum absolute atomic E-state index is 0.688. The van der Waals surface area contributed by atoms with Gasteiger partial charge in [-0.25, -0.2) is 0 Å². The first-order valence-corrected chi connectivity index (χ1v) is 5.62. The third-order valence-corrected chi connectivity index (χ3v) is 2.46. The predicted octanol–water partition coefficient (Wildman–Crippen LogP) is 3.46. The second kappa shape index (κ2) is 7.14. The van der Waals surface area contributed by atoms with Crippen LogP contribution in [0.25, 0.3) is 0 Å². The van der Waals surface area contributed by atoms with Crippen molar-refractivity contribution >= 4 is 0 Å². The summed E-state index contributed by atoms with van der Waals surface area (Å²) in [6, 6.07) is 1.44. The molecular formula is C12H25N. The van der Waals surface area contributed by atoms with Gasteiger partial charge in [0.05, 0.1) is 0 Å². The first kappa shape index (κ1) is 12.7. The van der Waals surface area contributed by atoms with E-state index in [9.17, 15) is 0 Å². The molecule has 1 heteroatoms. The Balaban J connectivity index is 0.000000671. The summed E-state index contributed by atoms with van der Waals surface area (Å²) >= 11 is 0. The third-order valence-electron chi connectivity index (χ3n) is 2.46. The van der Waals surface area contributed by atoms with Gasteiger partial charge in [-0.05, 0) is 33.6 Å². The Hall–Kier alpha value is -0.300. The van der Waals surface area contributed by atoms with Crippen LogP contribution in [0.4, 0.5) is 0 Å². The fourth-order valence-electron chi connectivity index (χ4n) is 1.72. The van der Waals surface area contributed by atoms with E-state index < -0.39 is 0 Å². The normalized spacial score (nSPS) is 23.7. The van der Waals surface area contributed by atoms with Crippen molar-refractivity contribution in [3.63, 3.8) is 0 Å². The molecule has 1 heterocycles. The smallest absolute Gasteiger partial charge is 0.0168 e. The molecule has 0 N–H and O–H groups in total. The van der Waals surface area contributed by atoms with Crippen molar-refractivity contribution in [2.45, 2.75) is 59.5 Å². The summed E-state index contributed by atoms with van der Waals surface area (Å²) < 4.78 is 0. The Morgan fingerprint density at radius 2 is 1.85 bits per heavy atom. The van der Waals surface area contributed by atoms with Gasteiger partial charge in [-0.2, -0.15) is 0 Å². The van der Waals surface area contributed by atoms with Crippen molar-refractivity contribution in [3.05, 3.63) is 12.2 Å². The van der Waals surface area contributed by atoms with Crippen LogP contribution in [-0.2, 0) is 0 Å². The SMILES string of the molecule is CC.CC(C)N1CC=CCCC1C. The van der Waals surface area contributed by atoms with Crippen LogP contribution >= 0.6 is 0 Å². The van der Waals surface area contributed by atoms with E-state index in [1.165, 1.54) is 12.8 Å². The van der Waals surface area contributed by atoms with Crippen molar-refractivity contribution in [1.29, 1.82) is 0 Å². The van der Waals surface area contributed by atoms with Crippen LogP contribution < -0.4 is 0 Å². The molecule has 0 aromatic carbocycles. The Morgan fingerprint density at radius 1 is 1.23 bits per heavy atom. The van der Waals surface area contributed by atoms with Gasteiger partial charge >= 0.3 is 0 Å². The highest BCUT2D eigenvalue weighted by molar-refractivity contribution is 4.91. The second-order valence-corrected chi connectivity index (χ2v) is 3.69. The van der Waals surface area contributed by atoms with E-state index in [0.29, 0.717) is 6.04 Å². The maximum Gasteiger partial charge on any atom is 0.0168 e. The summed E-state index contributed by atoms with van der Waals surface area (Å²) in [6.45, 7) is 12.0. The highest BCUT2D eigenvalue weighted by Crippen LogP contribution is 2.13. The lowest BCUT2D eigenvalue weighted by Gasteiger charge is -2.30. The Bertz CT molecular complexity index is 138. The van der Waals surface area contributed by atoms with E-state index in [1.807, 2.05) is 13.8 Å². The molecule has 0 spiro atoms. The van der Waals surface area contributed by atoms with E-state index in [4.69, 9.17) is 0 Å². The van der Waals surface area contributed by atoms with E-state index in [0.717, 1.165) is 12.6 Å². The molecule has 0 bridgehead atoms. The Labute approximate surface area is 83.8 Å². The Morgan fingerprint density at radius 3 is 2.38 bits per heavy atom. The number of hydrogen-bond donors (Lipinski definition) is 0. The van der Waals surface area contributed by atoms with Gasteiger partial charge in [-0.3, -0.25) is 4.90 Å². The molecule has 0 saturated heterocycles. The highest BCUT2D eigenvalue weighted by atomic mass is 15.2. The number of allylic oxidation sites excluding steroid dienone is 1.